The lowest BCUT2D eigenvalue weighted by atomic mass is 9.94. The van der Waals surface area contributed by atoms with Crippen molar-refractivity contribution in [1.29, 1.82) is 0 Å². The maximum absolute atomic E-state index is 13.8. The van der Waals surface area contributed by atoms with Crippen molar-refractivity contribution in [1.82, 2.24) is 10.3 Å². The summed E-state index contributed by atoms with van der Waals surface area (Å²) in [7, 11) is 0. The SMILES string of the molecule is CC(=O)NC(c1ccccc1)c1cccc(C(F)(F)F)c1N=NN(C(C)C)C(C)C. The van der Waals surface area contributed by atoms with E-state index in [1.807, 2.05) is 27.7 Å². The fourth-order valence-electron chi connectivity index (χ4n) is 3.22. The van der Waals surface area contributed by atoms with Gasteiger partial charge in [0.1, 0.15) is 5.69 Å². The zero-order valence-corrected chi connectivity index (χ0v) is 17.7. The molecule has 162 valence electrons. The summed E-state index contributed by atoms with van der Waals surface area (Å²) in [5, 5.41) is 12.6. The minimum atomic E-state index is -4.62. The molecular weight excluding hydrogens is 393 g/mol. The van der Waals surface area contributed by atoms with Crippen molar-refractivity contribution in [3.05, 3.63) is 65.2 Å². The standard InChI is InChI=1S/C22H27F3N4O/c1-14(2)29(15(3)4)28-27-21-18(12-9-13-19(21)22(23,24)25)20(26-16(5)30)17-10-7-6-8-11-17/h6-15,20H,1-5H3,(H,26,30). The lowest BCUT2D eigenvalue weighted by Gasteiger charge is -2.27. The number of rotatable bonds is 7. The normalized spacial score (nSPS) is 13.1. The number of carbonyl (C=O) groups excluding carboxylic acids is 1. The van der Waals surface area contributed by atoms with E-state index in [4.69, 9.17) is 0 Å². The average Bonchev–Trinajstić information content (AvgIpc) is 2.65. The third kappa shape index (κ3) is 5.81. The first-order valence-electron chi connectivity index (χ1n) is 9.74. The molecule has 1 atom stereocenters. The Morgan fingerprint density at radius 3 is 2.07 bits per heavy atom. The zero-order valence-electron chi connectivity index (χ0n) is 17.7. The van der Waals surface area contributed by atoms with Crippen molar-refractivity contribution in [3.63, 3.8) is 0 Å². The predicted octanol–water partition coefficient (Wildman–Crippen LogP) is 6.05. The molecule has 0 aliphatic heterocycles. The summed E-state index contributed by atoms with van der Waals surface area (Å²) in [5.41, 5.74) is -0.336. The molecule has 0 saturated heterocycles. The molecule has 8 heteroatoms. The number of alkyl halides is 3. The van der Waals surface area contributed by atoms with Crippen molar-refractivity contribution in [2.24, 2.45) is 10.3 Å². The number of hydrogen-bond donors (Lipinski definition) is 1. The van der Waals surface area contributed by atoms with Gasteiger partial charge in [-0.3, -0.25) is 9.80 Å². The van der Waals surface area contributed by atoms with E-state index >= 15 is 0 Å². The van der Waals surface area contributed by atoms with Gasteiger partial charge < -0.3 is 5.32 Å². The molecule has 30 heavy (non-hydrogen) atoms. The molecule has 1 N–H and O–H groups in total. The van der Waals surface area contributed by atoms with Gasteiger partial charge in [0.25, 0.3) is 0 Å². The molecule has 0 heterocycles. The number of amides is 1. The van der Waals surface area contributed by atoms with Crippen LogP contribution in [-0.4, -0.2) is 23.0 Å². The van der Waals surface area contributed by atoms with Crippen LogP contribution in [0.15, 0.2) is 58.9 Å². The number of hydrogen-bond acceptors (Lipinski definition) is 3. The van der Waals surface area contributed by atoms with Crippen LogP contribution in [0.4, 0.5) is 18.9 Å². The molecule has 2 rings (SSSR count). The van der Waals surface area contributed by atoms with Crippen LogP contribution in [0.2, 0.25) is 0 Å². The molecule has 0 fully saturated rings. The minimum Gasteiger partial charge on any atom is -0.345 e. The van der Waals surface area contributed by atoms with Gasteiger partial charge in [0.05, 0.1) is 11.6 Å². The van der Waals surface area contributed by atoms with Crippen molar-refractivity contribution in [3.8, 4) is 0 Å². The van der Waals surface area contributed by atoms with Crippen LogP contribution in [0.5, 0.6) is 0 Å². The summed E-state index contributed by atoms with van der Waals surface area (Å²) < 4.78 is 41.4. The van der Waals surface area contributed by atoms with E-state index in [0.717, 1.165) is 6.07 Å². The van der Waals surface area contributed by atoms with Gasteiger partial charge in [0.15, 0.2) is 0 Å². The molecule has 5 nitrogen and oxygen atoms in total. The monoisotopic (exact) mass is 420 g/mol. The van der Waals surface area contributed by atoms with E-state index in [1.54, 1.807) is 35.3 Å². The summed E-state index contributed by atoms with van der Waals surface area (Å²) in [4.78, 5) is 11.8. The Morgan fingerprint density at radius 2 is 1.57 bits per heavy atom. The van der Waals surface area contributed by atoms with Crippen molar-refractivity contribution in [2.45, 2.75) is 58.9 Å². The molecule has 0 aliphatic carbocycles. The van der Waals surface area contributed by atoms with Crippen LogP contribution in [0.25, 0.3) is 0 Å². The van der Waals surface area contributed by atoms with E-state index in [-0.39, 0.29) is 29.2 Å². The number of benzene rings is 2. The summed E-state index contributed by atoms with van der Waals surface area (Å²) >= 11 is 0. The lowest BCUT2D eigenvalue weighted by Crippen LogP contribution is -2.31. The highest BCUT2D eigenvalue weighted by Crippen LogP contribution is 2.41. The van der Waals surface area contributed by atoms with Gasteiger partial charge in [0.2, 0.25) is 5.91 Å². The summed E-state index contributed by atoms with van der Waals surface area (Å²) in [6, 6.07) is 11.7. The maximum Gasteiger partial charge on any atom is 0.418 e. The van der Waals surface area contributed by atoms with Gasteiger partial charge in [-0.2, -0.15) is 13.2 Å². The fourth-order valence-corrected chi connectivity index (χ4v) is 3.22. The Morgan fingerprint density at radius 1 is 0.967 bits per heavy atom. The molecule has 2 aromatic rings. The Balaban J connectivity index is 2.70. The second-order valence-corrected chi connectivity index (χ2v) is 7.54. The second kappa shape index (κ2) is 9.73. The lowest BCUT2D eigenvalue weighted by molar-refractivity contribution is -0.137. The summed E-state index contributed by atoms with van der Waals surface area (Å²) in [6.45, 7) is 8.88. The summed E-state index contributed by atoms with van der Waals surface area (Å²) in [6.07, 6.45) is -4.62. The Hall–Kier alpha value is -2.90. The topological polar surface area (TPSA) is 57.1 Å². The van der Waals surface area contributed by atoms with Crippen molar-refractivity contribution >= 4 is 11.6 Å². The third-order valence-corrected chi connectivity index (χ3v) is 4.47. The third-order valence-electron chi connectivity index (χ3n) is 4.47. The van der Waals surface area contributed by atoms with Gasteiger partial charge in [0, 0.05) is 24.6 Å². The minimum absolute atomic E-state index is 0.0458. The fraction of sp³-hybridized carbons (Fsp3) is 0.409. The highest BCUT2D eigenvalue weighted by Gasteiger charge is 2.36. The number of nitrogens with one attached hydrogen (secondary N) is 1. The van der Waals surface area contributed by atoms with Crippen LogP contribution >= 0.6 is 0 Å². The summed E-state index contributed by atoms with van der Waals surface area (Å²) in [5.74, 6) is -0.366. The van der Waals surface area contributed by atoms with Gasteiger partial charge in [-0.25, -0.2) is 0 Å². The van der Waals surface area contributed by atoms with E-state index in [1.165, 1.54) is 19.1 Å². The van der Waals surface area contributed by atoms with Gasteiger partial charge in [-0.15, -0.1) is 5.11 Å². The quantitative estimate of drug-likeness (QED) is 0.438. The Labute approximate surface area is 175 Å². The molecule has 1 unspecified atom stereocenters. The van der Waals surface area contributed by atoms with Crippen LogP contribution < -0.4 is 5.32 Å². The predicted molar refractivity (Wildman–Crippen MR) is 110 cm³/mol. The largest absolute Gasteiger partial charge is 0.418 e. The Kier molecular flexibility index (Phi) is 7.59. The van der Waals surface area contributed by atoms with E-state index in [9.17, 15) is 18.0 Å². The Bertz CT molecular complexity index is 872. The number of nitrogens with zero attached hydrogens (tertiary/aromatic N) is 3. The van der Waals surface area contributed by atoms with Gasteiger partial charge >= 0.3 is 6.18 Å². The van der Waals surface area contributed by atoms with E-state index < -0.39 is 17.8 Å². The molecule has 1 amide bonds. The zero-order chi connectivity index (χ0) is 22.5. The maximum atomic E-state index is 13.8. The highest BCUT2D eigenvalue weighted by atomic mass is 19.4. The molecule has 0 aliphatic rings. The first-order valence-corrected chi connectivity index (χ1v) is 9.74. The van der Waals surface area contributed by atoms with Gasteiger partial charge in [-0.05, 0) is 39.3 Å². The van der Waals surface area contributed by atoms with E-state index in [2.05, 4.69) is 15.7 Å². The molecular formula is C22H27F3N4O. The van der Waals surface area contributed by atoms with Crippen LogP contribution in [0, 0.1) is 0 Å². The van der Waals surface area contributed by atoms with Crippen LogP contribution in [-0.2, 0) is 11.0 Å². The highest BCUT2D eigenvalue weighted by molar-refractivity contribution is 5.75. The molecule has 0 saturated carbocycles. The molecule has 0 spiro atoms. The van der Waals surface area contributed by atoms with E-state index in [0.29, 0.717) is 5.56 Å². The first-order chi connectivity index (χ1) is 14.0. The average molecular weight is 420 g/mol. The molecule has 0 aromatic heterocycles. The van der Waals surface area contributed by atoms with Crippen LogP contribution in [0.3, 0.4) is 0 Å². The number of halogens is 3. The first kappa shape index (κ1) is 23.4. The molecule has 0 bridgehead atoms. The smallest absolute Gasteiger partial charge is 0.345 e. The van der Waals surface area contributed by atoms with Crippen LogP contribution in [0.1, 0.15) is 57.4 Å². The van der Waals surface area contributed by atoms with Gasteiger partial charge in [-0.1, -0.05) is 47.7 Å². The molecule has 0 radical (unpaired) electrons. The van der Waals surface area contributed by atoms with Crippen molar-refractivity contribution < 1.29 is 18.0 Å². The van der Waals surface area contributed by atoms with Crippen molar-refractivity contribution in [2.75, 3.05) is 0 Å². The second-order valence-electron chi connectivity index (χ2n) is 7.54. The molecule has 2 aromatic carbocycles. The number of carbonyl (C=O) groups is 1.